The van der Waals surface area contributed by atoms with Gasteiger partial charge in [-0.05, 0) is 32.4 Å². The average Bonchev–Trinajstić information content (AvgIpc) is 2.70. The van der Waals surface area contributed by atoms with E-state index in [1.54, 1.807) is 6.26 Å². The minimum Gasteiger partial charge on any atom is -0.468 e. The fourth-order valence-electron chi connectivity index (χ4n) is 1.94. The van der Waals surface area contributed by atoms with E-state index in [1.165, 1.54) is 0 Å². The Hall–Kier alpha value is -0.610. The first-order chi connectivity index (χ1) is 7.18. The Morgan fingerprint density at radius 2 is 2.33 bits per heavy atom. The smallest absolute Gasteiger partial charge is 0.121 e. The van der Waals surface area contributed by atoms with E-state index in [-0.39, 0.29) is 11.3 Å². The summed E-state index contributed by atoms with van der Waals surface area (Å²) in [7, 11) is -0.760. The third-order valence-electron chi connectivity index (χ3n) is 2.95. The predicted molar refractivity (Wildman–Crippen MR) is 61.1 cm³/mol. The highest BCUT2D eigenvalue weighted by molar-refractivity contribution is 7.85. The highest BCUT2D eigenvalue weighted by atomic mass is 32.2. The van der Waals surface area contributed by atoms with Crippen LogP contribution in [-0.4, -0.2) is 21.3 Å². The van der Waals surface area contributed by atoms with Crippen molar-refractivity contribution in [3.63, 3.8) is 0 Å². The molecule has 1 N–H and O–H groups in total. The second-order valence-electron chi connectivity index (χ2n) is 4.14. The summed E-state index contributed by atoms with van der Waals surface area (Å²) in [6, 6.07) is 4.30. The number of hydrogen-bond acceptors (Lipinski definition) is 3. The predicted octanol–water partition coefficient (Wildman–Crippen LogP) is 1.84. The Kier molecular flexibility index (Phi) is 3.26. The molecular weight excluding hydrogens is 210 g/mol. The highest BCUT2D eigenvalue weighted by Gasteiger charge is 2.30. The molecule has 2 heterocycles. The molecule has 84 valence electrons. The molecule has 0 amide bonds. The lowest BCUT2D eigenvalue weighted by molar-refractivity contribution is 0.380. The zero-order valence-corrected chi connectivity index (χ0v) is 9.92. The summed E-state index contributed by atoms with van der Waals surface area (Å²) in [6.45, 7) is 4.15. The highest BCUT2D eigenvalue weighted by Crippen LogP contribution is 2.25. The van der Waals surface area contributed by atoms with Crippen LogP contribution in [0.2, 0.25) is 0 Å². The number of hydrogen-bond donors (Lipinski definition) is 1. The fraction of sp³-hybridized carbons (Fsp3) is 0.636. The van der Waals surface area contributed by atoms with Crippen molar-refractivity contribution in [3.8, 4) is 0 Å². The lowest BCUT2D eigenvalue weighted by atomic mass is 10.1. The van der Waals surface area contributed by atoms with Crippen LogP contribution in [0, 0.1) is 0 Å². The maximum atomic E-state index is 11.9. The zero-order chi connectivity index (χ0) is 10.8. The molecule has 0 bridgehead atoms. The number of nitrogens with one attached hydrogen (secondary N) is 1. The molecule has 4 atom stereocenters. The molecule has 1 saturated heterocycles. The van der Waals surface area contributed by atoms with Crippen LogP contribution in [0.4, 0.5) is 0 Å². The van der Waals surface area contributed by atoms with Gasteiger partial charge in [-0.2, -0.15) is 0 Å². The van der Waals surface area contributed by atoms with Gasteiger partial charge in [-0.25, -0.2) is 0 Å². The Bertz CT molecular complexity index is 336. The molecule has 2 rings (SSSR count). The van der Waals surface area contributed by atoms with Crippen LogP contribution in [-0.2, 0) is 10.8 Å². The average molecular weight is 227 g/mol. The monoisotopic (exact) mass is 227 g/mol. The summed E-state index contributed by atoms with van der Waals surface area (Å²) >= 11 is 0. The molecule has 3 nitrogen and oxygen atoms in total. The first-order valence-electron chi connectivity index (χ1n) is 5.35. The maximum Gasteiger partial charge on any atom is 0.121 e. The minimum atomic E-state index is -0.760. The van der Waals surface area contributed by atoms with Crippen molar-refractivity contribution in [1.29, 1.82) is 0 Å². The molecule has 0 aliphatic carbocycles. The largest absolute Gasteiger partial charge is 0.468 e. The van der Waals surface area contributed by atoms with Gasteiger partial charge in [0, 0.05) is 22.6 Å². The normalized spacial score (nSPS) is 37.5. The van der Waals surface area contributed by atoms with E-state index in [1.807, 2.05) is 19.1 Å². The maximum absolute atomic E-state index is 11.9. The van der Waals surface area contributed by atoms with E-state index < -0.39 is 10.8 Å². The van der Waals surface area contributed by atoms with Crippen LogP contribution in [0.15, 0.2) is 22.8 Å². The summed E-state index contributed by atoms with van der Waals surface area (Å²) in [5.41, 5.74) is 0. The van der Waals surface area contributed by atoms with Crippen molar-refractivity contribution in [2.24, 2.45) is 0 Å². The summed E-state index contributed by atoms with van der Waals surface area (Å²) in [5, 5.41) is 3.59. The molecule has 0 aromatic carbocycles. The second-order valence-corrected chi connectivity index (χ2v) is 6.05. The first-order valence-corrected chi connectivity index (χ1v) is 6.73. The van der Waals surface area contributed by atoms with Crippen molar-refractivity contribution < 1.29 is 8.63 Å². The third kappa shape index (κ3) is 2.32. The van der Waals surface area contributed by atoms with Gasteiger partial charge >= 0.3 is 0 Å². The van der Waals surface area contributed by atoms with E-state index in [0.29, 0.717) is 6.04 Å². The van der Waals surface area contributed by atoms with Crippen molar-refractivity contribution >= 4 is 10.8 Å². The summed E-state index contributed by atoms with van der Waals surface area (Å²) in [5.74, 6) is 1.68. The van der Waals surface area contributed by atoms with E-state index >= 15 is 0 Å². The molecule has 1 aromatic rings. The molecule has 1 aliphatic rings. The molecule has 1 fully saturated rings. The molecule has 4 unspecified atom stereocenters. The Balaban J connectivity index is 2.23. The molecular formula is C11H17NO2S. The van der Waals surface area contributed by atoms with Crippen LogP contribution in [0.25, 0.3) is 0 Å². The minimum absolute atomic E-state index is 0.0818. The van der Waals surface area contributed by atoms with Gasteiger partial charge in [0.2, 0.25) is 0 Å². The Morgan fingerprint density at radius 3 is 3.00 bits per heavy atom. The van der Waals surface area contributed by atoms with Crippen LogP contribution >= 0.6 is 0 Å². The van der Waals surface area contributed by atoms with E-state index in [4.69, 9.17) is 4.42 Å². The molecule has 0 spiro atoms. The van der Waals surface area contributed by atoms with Gasteiger partial charge in [0.25, 0.3) is 0 Å². The van der Waals surface area contributed by atoms with Crippen molar-refractivity contribution in [3.05, 3.63) is 24.2 Å². The van der Waals surface area contributed by atoms with Gasteiger partial charge in [0.15, 0.2) is 0 Å². The molecule has 15 heavy (non-hydrogen) atoms. The molecule has 0 radical (unpaired) electrons. The van der Waals surface area contributed by atoms with E-state index in [2.05, 4.69) is 12.2 Å². The van der Waals surface area contributed by atoms with Crippen LogP contribution < -0.4 is 5.32 Å². The van der Waals surface area contributed by atoms with Crippen LogP contribution in [0.5, 0.6) is 0 Å². The van der Waals surface area contributed by atoms with E-state index in [9.17, 15) is 4.21 Å². The summed E-state index contributed by atoms with van der Waals surface area (Å²) in [4.78, 5) is 0. The van der Waals surface area contributed by atoms with Crippen molar-refractivity contribution in [2.45, 2.75) is 37.6 Å². The lowest BCUT2D eigenvalue weighted by Crippen LogP contribution is -2.34. The Morgan fingerprint density at radius 1 is 1.53 bits per heavy atom. The molecule has 1 aromatic heterocycles. The zero-order valence-electron chi connectivity index (χ0n) is 9.10. The Labute approximate surface area is 92.7 Å². The van der Waals surface area contributed by atoms with E-state index in [0.717, 1.165) is 17.9 Å². The molecule has 0 saturated carbocycles. The molecule has 4 heteroatoms. The van der Waals surface area contributed by atoms with Crippen molar-refractivity contribution in [2.75, 3.05) is 5.75 Å². The quantitative estimate of drug-likeness (QED) is 0.796. The summed E-state index contributed by atoms with van der Waals surface area (Å²) < 4.78 is 17.3. The van der Waals surface area contributed by atoms with Gasteiger partial charge in [-0.1, -0.05) is 0 Å². The SMILES string of the molecule is CC1CCS(=O)C(C)C(c2ccco2)N1. The standard InChI is InChI=1S/C11H17NO2S/c1-8-5-7-15(13)9(2)11(12-8)10-4-3-6-14-10/h3-4,6,8-9,11-12H,5,7H2,1-2H3. The third-order valence-corrected chi connectivity index (χ3v) is 4.69. The first kappa shape index (κ1) is 10.9. The fourth-order valence-corrected chi connectivity index (χ4v) is 3.41. The summed E-state index contributed by atoms with van der Waals surface area (Å²) in [6.07, 6.45) is 2.64. The van der Waals surface area contributed by atoms with Crippen LogP contribution in [0.1, 0.15) is 32.1 Å². The second kappa shape index (κ2) is 4.49. The van der Waals surface area contributed by atoms with Gasteiger partial charge in [-0.15, -0.1) is 0 Å². The van der Waals surface area contributed by atoms with Gasteiger partial charge in [0.1, 0.15) is 5.76 Å². The van der Waals surface area contributed by atoms with Gasteiger partial charge in [-0.3, -0.25) is 4.21 Å². The number of rotatable bonds is 1. The van der Waals surface area contributed by atoms with Gasteiger partial charge in [0.05, 0.1) is 17.6 Å². The lowest BCUT2D eigenvalue weighted by Gasteiger charge is -2.21. The topological polar surface area (TPSA) is 42.2 Å². The van der Waals surface area contributed by atoms with Gasteiger partial charge < -0.3 is 9.73 Å². The van der Waals surface area contributed by atoms with Crippen LogP contribution in [0.3, 0.4) is 0 Å². The van der Waals surface area contributed by atoms with Crippen molar-refractivity contribution in [1.82, 2.24) is 5.32 Å². The number of furan rings is 1. The molecule has 1 aliphatic heterocycles.